The molecule has 6 nitrogen and oxygen atoms in total. The van der Waals surface area contributed by atoms with Crippen LogP contribution >= 0.6 is 11.6 Å². The van der Waals surface area contributed by atoms with Crippen molar-refractivity contribution in [3.8, 4) is 0 Å². The Labute approximate surface area is 179 Å². The van der Waals surface area contributed by atoms with Gasteiger partial charge in [-0.15, -0.1) is 0 Å². The van der Waals surface area contributed by atoms with Gasteiger partial charge >= 0.3 is 0 Å². The first-order valence-electron chi connectivity index (χ1n) is 9.35. The molecule has 0 unspecified atom stereocenters. The summed E-state index contributed by atoms with van der Waals surface area (Å²) in [6.07, 6.45) is 0. The van der Waals surface area contributed by atoms with E-state index in [1.807, 2.05) is 0 Å². The lowest BCUT2D eigenvalue weighted by Crippen LogP contribution is -2.37. The summed E-state index contributed by atoms with van der Waals surface area (Å²) in [5.74, 6) is -1.37. The molecule has 0 bridgehead atoms. The fourth-order valence-corrected chi connectivity index (χ4v) is 3.38. The largest absolute Gasteiger partial charge is 0.383 e. The average Bonchev–Trinajstić information content (AvgIpc) is 3.00. The van der Waals surface area contributed by atoms with E-state index >= 15 is 0 Å². The summed E-state index contributed by atoms with van der Waals surface area (Å²) in [6, 6.07) is 11.9. The number of halogens is 2. The predicted octanol–water partition coefficient (Wildman–Crippen LogP) is 3.36. The minimum absolute atomic E-state index is 0.210. The van der Waals surface area contributed by atoms with Crippen molar-refractivity contribution in [3.63, 3.8) is 0 Å². The zero-order valence-electron chi connectivity index (χ0n) is 16.7. The fraction of sp³-hybridized carbons (Fsp3) is 0.273. The van der Waals surface area contributed by atoms with Crippen LogP contribution in [-0.2, 0) is 19.1 Å². The van der Waals surface area contributed by atoms with Crippen LogP contribution in [0.5, 0.6) is 0 Å². The Kier molecular flexibility index (Phi) is 7.20. The molecule has 8 heteroatoms. The maximum atomic E-state index is 13.5. The van der Waals surface area contributed by atoms with Gasteiger partial charge in [-0.1, -0.05) is 23.7 Å². The Balaban J connectivity index is 2.11. The highest BCUT2D eigenvalue weighted by atomic mass is 35.5. The van der Waals surface area contributed by atoms with E-state index in [1.165, 1.54) is 24.3 Å². The molecule has 0 aromatic heterocycles. The number of benzene rings is 2. The molecule has 0 fully saturated rings. The second-order valence-electron chi connectivity index (χ2n) is 6.63. The minimum Gasteiger partial charge on any atom is -0.383 e. The molecule has 0 N–H and O–H groups in total. The third kappa shape index (κ3) is 4.53. The van der Waals surface area contributed by atoms with Gasteiger partial charge in [0.05, 0.1) is 24.5 Å². The van der Waals surface area contributed by atoms with Gasteiger partial charge in [0.1, 0.15) is 11.5 Å². The van der Waals surface area contributed by atoms with Crippen molar-refractivity contribution < 1.29 is 23.5 Å². The summed E-state index contributed by atoms with van der Waals surface area (Å²) in [7, 11) is 3.12. The molecule has 2 amide bonds. The van der Waals surface area contributed by atoms with Gasteiger partial charge in [0, 0.05) is 32.3 Å². The molecular formula is C22H22ClFN2O4. The van der Waals surface area contributed by atoms with Gasteiger partial charge in [0.2, 0.25) is 0 Å². The normalized spacial score (nSPS) is 14.1. The molecule has 2 aromatic carbocycles. The Morgan fingerprint density at radius 2 is 1.47 bits per heavy atom. The van der Waals surface area contributed by atoms with Crippen molar-refractivity contribution in [3.05, 3.63) is 70.6 Å². The maximum absolute atomic E-state index is 13.5. The number of hydrogen-bond acceptors (Lipinski definition) is 5. The quantitative estimate of drug-likeness (QED) is 0.569. The van der Waals surface area contributed by atoms with E-state index in [0.717, 1.165) is 4.90 Å². The third-order valence-corrected chi connectivity index (χ3v) is 4.98. The molecular weight excluding hydrogens is 411 g/mol. The highest BCUT2D eigenvalue weighted by Crippen LogP contribution is 2.35. The third-order valence-electron chi connectivity index (χ3n) is 4.72. The molecule has 0 aliphatic carbocycles. The van der Waals surface area contributed by atoms with E-state index in [9.17, 15) is 14.0 Å². The molecule has 0 atom stereocenters. The van der Waals surface area contributed by atoms with E-state index in [2.05, 4.69) is 0 Å². The van der Waals surface area contributed by atoms with Crippen molar-refractivity contribution in [1.82, 2.24) is 4.90 Å². The number of carbonyl (C=O) groups excluding carboxylic acids is 2. The number of hydrogen-bond donors (Lipinski definition) is 0. The molecule has 0 radical (unpaired) electrons. The van der Waals surface area contributed by atoms with E-state index in [1.54, 1.807) is 43.4 Å². The average molecular weight is 433 g/mol. The lowest BCUT2D eigenvalue weighted by molar-refractivity contribution is -0.120. The number of anilines is 1. The van der Waals surface area contributed by atoms with E-state index in [0.29, 0.717) is 42.6 Å². The molecule has 0 spiro atoms. The van der Waals surface area contributed by atoms with Crippen molar-refractivity contribution in [2.75, 3.05) is 45.4 Å². The lowest BCUT2D eigenvalue weighted by Gasteiger charge is -2.25. The molecule has 0 saturated carbocycles. The number of rotatable bonds is 9. The number of methoxy groups -OCH3 is 2. The summed E-state index contributed by atoms with van der Waals surface area (Å²) in [4.78, 5) is 29.7. The molecule has 3 rings (SSSR count). The van der Waals surface area contributed by atoms with Gasteiger partial charge in [-0.3, -0.25) is 9.59 Å². The van der Waals surface area contributed by atoms with E-state index < -0.39 is 17.6 Å². The smallest absolute Gasteiger partial charge is 0.282 e. The Hall–Kier alpha value is -2.74. The first-order chi connectivity index (χ1) is 14.5. The van der Waals surface area contributed by atoms with Gasteiger partial charge in [-0.2, -0.15) is 0 Å². The number of nitrogens with zero attached hydrogens (tertiary/aromatic N) is 2. The standard InChI is InChI=1S/C22H22ClFN2O4/c1-29-13-11-25(12-14-30-2)20-19(15-3-7-17(24)8-4-15)21(27)26(22(20)28)18-9-5-16(23)6-10-18/h3-10H,11-14H2,1-2H3. The first kappa shape index (κ1) is 22.0. The summed E-state index contributed by atoms with van der Waals surface area (Å²) in [5.41, 5.74) is 1.31. The van der Waals surface area contributed by atoms with Gasteiger partial charge in [0.25, 0.3) is 11.8 Å². The summed E-state index contributed by atoms with van der Waals surface area (Å²) >= 11 is 5.95. The SMILES string of the molecule is COCCN(CCOC)C1=C(c2ccc(F)cc2)C(=O)N(c2ccc(Cl)cc2)C1=O. The van der Waals surface area contributed by atoms with Crippen molar-refractivity contribution in [2.45, 2.75) is 0 Å². The van der Waals surface area contributed by atoms with Crippen LogP contribution in [0.1, 0.15) is 5.56 Å². The molecule has 158 valence electrons. The van der Waals surface area contributed by atoms with Crippen LogP contribution in [0.15, 0.2) is 54.2 Å². The molecule has 0 saturated heterocycles. The monoisotopic (exact) mass is 432 g/mol. The second kappa shape index (κ2) is 9.84. The first-order valence-corrected chi connectivity index (χ1v) is 9.73. The van der Waals surface area contributed by atoms with Crippen LogP contribution in [0.2, 0.25) is 5.02 Å². The van der Waals surface area contributed by atoms with Crippen molar-refractivity contribution >= 4 is 34.7 Å². The van der Waals surface area contributed by atoms with Crippen molar-refractivity contribution in [2.24, 2.45) is 0 Å². The van der Waals surface area contributed by atoms with Crippen LogP contribution in [0.4, 0.5) is 10.1 Å². The number of ether oxygens (including phenoxy) is 2. The van der Waals surface area contributed by atoms with Gasteiger partial charge < -0.3 is 14.4 Å². The topological polar surface area (TPSA) is 59.1 Å². The van der Waals surface area contributed by atoms with Crippen LogP contribution in [-0.4, -0.2) is 57.2 Å². The predicted molar refractivity (Wildman–Crippen MR) is 113 cm³/mol. The van der Waals surface area contributed by atoms with Crippen molar-refractivity contribution in [1.29, 1.82) is 0 Å². The fourth-order valence-electron chi connectivity index (χ4n) is 3.25. The highest BCUT2D eigenvalue weighted by Gasteiger charge is 2.42. The Bertz CT molecular complexity index is 937. The molecule has 2 aromatic rings. The molecule has 1 heterocycles. The van der Waals surface area contributed by atoms with Gasteiger partial charge in [-0.05, 0) is 42.0 Å². The number of carbonyl (C=O) groups is 2. The van der Waals surface area contributed by atoms with Crippen LogP contribution in [0, 0.1) is 5.82 Å². The summed E-state index contributed by atoms with van der Waals surface area (Å²) in [5, 5.41) is 0.492. The van der Waals surface area contributed by atoms with Crippen LogP contribution < -0.4 is 4.90 Å². The lowest BCUT2D eigenvalue weighted by atomic mass is 10.0. The van der Waals surface area contributed by atoms with E-state index in [4.69, 9.17) is 21.1 Å². The van der Waals surface area contributed by atoms with Crippen LogP contribution in [0.3, 0.4) is 0 Å². The Morgan fingerprint density at radius 3 is 2.00 bits per heavy atom. The second-order valence-corrected chi connectivity index (χ2v) is 7.06. The number of imide groups is 1. The summed E-state index contributed by atoms with van der Waals surface area (Å²) in [6.45, 7) is 1.47. The maximum Gasteiger partial charge on any atom is 0.282 e. The number of amides is 2. The van der Waals surface area contributed by atoms with E-state index in [-0.39, 0.29) is 11.3 Å². The van der Waals surface area contributed by atoms with Crippen LogP contribution in [0.25, 0.3) is 5.57 Å². The zero-order valence-corrected chi connectivity index (χ0v) is 17.5. The zero-order chi connectivity index (χ0) is 21.7. The Morgan fingerprint density at radius 1 is 0.900 bits per heavy atom. The van der Waals surface area contributed by atoms with Gasteiger partial charge in [-0.25, -0.2) is 9.29 Å². The molecule has 1 aliphatic rings. The summed E-state index contributed by atoms with van der Waals surface area (Å²) < 4.78 is 23.8. The molecule has 1 aliphatic heterocycles. The molecule has 30 heavy (non-hydrogen) atoms. The van der Waals surface area contributed by atoms with Gasteiger partial charge in [0.15, 0.2) is 0 Å². The highest BCUT2D eigenvalue weighted by molar-refractivity contribution is 6.45. The minimum atomic E-state index is -0.483.